The van der Waals surface area contributed by atoms with Crippen molar-refractivity contribution < 1.29 is 65.0 Å². The molecule has 2 saturated heterocycles. The molecule has 1 aromatic heterocycles. The summed E-state index contributed by atoms with van der Waals surface area (Å²) < 4.78 is 17.0. The number of fused-ring (bicyclic) bond motifs is 1. The highest BCUT2D eigenvalue weighted by atomic mass is 16.6. The van der Waals surface area contributed by atoms with Crippen LogP contribution in [-0.4, -0.2) is 107 Å². The first-order valence-electron chi connectivity index (χ1n) is 12.3. The molecule has 9 atom stereocenters. The lowest BCUT2D eigenvalue weighted by Crippen LogP contribution is -2.55. The van der Waals surface area contributed by atoms with E-state index in [1.165, 1.54) is 24.3 Å². The van der Waals surface area contributed by atoms with Crippen LogP contribution in [0.2, 0.25) is 0 Å². The van der Waals surface area contributed by atoms with Crippen molar-refractivity contribution in [1.29, 1.82) is 0 Å². The van der Waals surface area contributed by atoms with Crippen molar-refractivity contribution in [2.75, 3.05) is 13.2 Å². The predicted molar refractivity (Wildman–Crippen MR) is 132 cm³/mol. The standard InChI is InChI=1S/C26H28O14/c27-6-12-17(31)21(35)23(37)25(39-12)15-19(33)14-10(30)5-11(8-1-3-9(29)4-2-8)38-24(14)16(20(15)34)26-22(36)18(32)13(7-28)40-26/h1-5,12-13,17-18,21-23,25-29,31-37H,6-7H2/t12-,13-,17+,18-,21+,22+,23-,25?,26?/m1/s1. The SMILES string of the molecule is O=c1cc(-c2ccc(O)cc2)oc2c(C3O[C@H](CO)[C@@H](O)[C@@H]3O)c(O)c(C3O[C@H](CO)[C@H](O)[C@H](O)[C@H]3O)c(O)c12. The summed E-state index contributed by atoms with van der Waals surface area (Å²) >= 11 is 0. The minimum atomic E-state index is -1.98. The van der Waals surface area contributed by atoms with Gasteiger partial charge < -0.3 is 65.0 Å². The third-order valence-electron chi connectivity index (χ3n) is 7.35. The van der Waals surface area contributed by atoms with E-state index in [0.717, 1.165) is 6.07 Å². The maximum Gasteiger partial charge on any atom is 0.197 e. The lowest BCUT2D eigenvalue weighted by molar-refractivity contribution is -0.232. The number of phenols is 3. The summed E-state index contributed by atoms with van der Waals surface area (Å²) in [6.07, 6.45) is -15.3. The van der Waals surface area contributed by atoms with Crippen molar-refractivity contribution in [3.63, 3.8) is 0 Å². The van der Waals surface area contributed by atoms with E-state index in [1.54, 1.807) is 0 Å². The van der Waals surface area contributed by atoms with Crippen molar-refractivity contribution in [3.8, 4) is 28.6 Å². The average molecular weight is 564 g/mol. The molecular formula is C26H28O14. The van der Waals surface area contributed by atoms with Crippen molar-refractivity contribution in [2.45, 2.75) is 54.9 Å². The van der Waals surface area contributed by atoms with E-state index in [0.29, 0.717) is 5.56 Å². The van der Waals surface area contributed by atoms with Gasteiger partial charge in [0.25, 0.3) is 0 Å². The molecule has 3 heterocycles. The first kappa shape index (κ1) is 28.2. The third kappa shape index (κ3) is 4.39. The molecule has 0 saturated carbocycles. The van der Waals surface area contributed by atoms with Crippen LogP contribution in [0.25, 0.3) is 22.3 Å². The summed E-state index contributed by atoms with van der Waals surface area (Å²) in [5.74, 6) is -2.00. The largest absolute Gasteiger partial charge is 0.508 e. The Balaban J connectivity index is 1.80. The Morgan fingerprint density at radius 3 is 1.75 bits per heavy atom. The number of hydrogen-bond donors (Lipinski definition) is 10. The van der Waals surface area contributed by atoms with Crippen LogP contribution in [0.15, 0.2) is 39.5 Å². The smallest absolute Gasteiger partial charge is 0.197 e. The summed E-state index contributed by atoms with van der Waals surface area (Å²) in [4.78, 5) is 13.4. The quantitative estimate of drug-likeness (QED) is 0.165. The molecule has 0 bridgehead atoms. The van der Waals surface area contributed by atoms with Crippen molar-refractivity contribution in [1.82, 2.24) is 0 Å². The van der Waals surface area contributed by atoms with Crippen LogP contribution in [0.3, 0.4) is 0 Å². The molecule has 14 nitrogen and oxygen atoms in total. The van der Waals surface area contributed by atoms with Gasteiger partial charge in [-0.15, -0.1) is 0 Å². The molecule has 40 heavy (non-hydrogen) atoms. The van der Waals surface area contributed by atoms with E-state index in [2.05, 4.69) is 0 Å². The van der Waals surface area contributed by atoms with E-state index in [1.807, 2.05) is 0 Å². The summed E-state index contributed by atoms with van der Waals surface area (Å²) in [5.41, 5.74) is -2.14. The molecule has 0 aliphatic carbocycles. The second-order valence-corrected chi connectivity index (χ2v) is 9.76. The number of aromatic hydroxyl groups is 3. The Bertz CT molecular complexity index is 1450. The van der Waals surface area contributed by atoms with Gasteiger partial charge in [0.05, 0.1) is 24.3 Å². The normalized spacial score (nSPS) is 32.5. The number of phenolic OH excluding ortho intramolecular Hbond substituents is 3. The van der Waals surface area contributed by atoms with Gasteiger partial charge in [-0.2, -0.15) is 0 Å². The zero-order valence-electron chi connectivity index (χ0n) is 20.6. The minimum Gasteiger partial charge on any atom is -0.508 e. The maximum atomic E-state index is 13.4. The Morgan fingerprint density at radius 2 is 1.20 bits per heavy atom. The first-order chi connectivity index (χ1) is 19.0. The topological polar surface area (TPSA) is 251 Å². The van der Waals surface area contributed by atoms with E-state index in [9.17, 15) is 55.9 Å². The molecule has 0 spiro atoms. The van der Waals surface area contributed by atoms with Crippen molar-refractivity contribution in [3.05, 3.63) is 51.7 Å². The summed E-state index contributed by atoms with van der Waals surface area (Å²) in [5, 5.41) is 103. The lowest BCUT2D eigenvalue weighted by atomic mass is 9.87. The monoisotopic (exact) mass is 564 g/mol. The van der Waals surface area contributed by atoms with Crippen LogP contribution in [0.4, 0.5) is 0 Å². The van der Waals surface area contributed by atoms with E-state index in [-0.39, 0.29) is 11.5 Å². The predicted octanol–water partition coefficient (Wildman–Crippen LogP) is -1.75. The Kier molecular flexibility index (Phi) is 7.47. The summed E-state index contributed by atoms with van der Waals surface area (Å²) in [7, 11) is 0. The second kappa shape index (κ2) is 10.6. The molecule has 5 rings (SSSR count). The second-order valence-electron chi connectivity index (χ2n) is 9.76. The fraction of sp³-hybridized carbons (Fsp3) is 0.423. The van der Waals surface area contributed by atoms with Gasteiger partial charge in [0.2, 0.25) is 0 Å². The van der Waals surface area contributed by atoms with Gasteiger partial charge in [-0.3, -0.25) is 4.79 Å². The number of rotatable bonds is 5. The van der Waals surface area contributed by atoms with E-state index >= 15 is 0 Å². The highest BCUT2D eigenvalue weighted by molar-refractivity contribution is 5.92. The highest BCUT2D eigenvalue weighted by Gasteiger charge is 2.49. The number of ether oxygens (including phenoxy) is 2. The molecule has 3 aromatic rings. The fourth-order valence-corrected chi connectivity index (χ4v) is 5.19. The lowest BCUT2D eigenvalue weighted by Gasteiger charge is -2.40. The van der Waals surface area contributed by atoms with E-state index < -0.39 is 107 Å². The van der Waals surface area contributed by atoms with Crippen LogP contribution in [0, 0.1) is 0 Å². The summed E-state index contributed by atoms with van der Waals surface area (Å²) in [6, 6.07) is 6.50. The van der Waals surface area contributed by atoms with Crippen molar-refractivity contribution in [2.24, 2.45) is 0 Å². The molecule has 14 heteroatoms. The molecule has 2 aromatic carbocycles. The Labute approximate surface area is 224 Å². The van der Waals surface area contributed by atoms with Gasteiger partial charge in [-0.05, 0) is 24.3 Å². The summed E-state index contributed by atoms with van der Waals surface area (Å²) in [6.45, 7) is -1.55. The molecule has 2 aliphatic heterocycles. The Morgan fingerprint density at radius 1 is 0.675 bits per heavy atom. The van der Waals surface area contributed by atoms with Crippen LogP contribution in [0.1, 0.15) is 23.3 Å². The maximum absolute atomic E-state index is 13.4. The molecule has 2 aliphatic rings. The number of aliphatic hydroxyl groups excluding tert-OH is 7. The van der Waals surface area contributed by atoms with Crippen LogP contribution in [-0.2, 0) is 9.47 Å². The molecular weight excluding hydrogens is 536 g/mol. The highest BCUT2D eigenvalue weighted by Crippen LogP contribution is 2.51. The molecule has 2 unspecified atom stereocenters. The minimum absolute atomic E-state index is 0.0708. The number of benzene rings is 2. The molecule has 2 fully saturated rings. The molecule has 10 N–H and O–H groups in total. The first-order valence-corrected chi connectivity index (χ1v) is 12.3. The van der Waals surface area contributed by atoms with Gasteiger partial charge in [0, 0.05) is 11.6 Å². The zero-order chi connectivity index (χ0) is 29.0. The van der Waals surface area contributed by atoms with Crippen LogP contribution >= 0.6 is 0 Å². The Hall–Kier alpha value is -3.31. The third-order valence-corrected chi connectivity index (χ3v) is 7.35. The number of hydrogen-bond acceptors (Lipinski definition) is 14. The van der Waals surface area contributed by atoms with Gasteiger partial charge in [0.1, 0.15) is 83.3 Å². The fourth-order valence-electron chi connectivity index (χ4n) is 5.19. The van der Waals surface area contributed by atoms with Gasteiger partial charge in [0.15, 0.2) is 11.0 Å². The van der Waals surface area contributed by atoms with Gasteiger partial charge in [-0.25, -0.2) is 0 Å². The molecule has 216 valence electrons. The van der Waals surface area contributed by atoms with Gasteiger partial charge in [-0.1, -0.05) is 0 Å². The van der Waals surface area contributed by atoms with Gasteiger partial charge >= 0.3 is 0 Å². The average Bonchev–Trinajstić information content (AvgIpc) is 3.21. The number of aliphatic hydroxyl groups is 7. The van der Waals surface area contributed by atoms with Crippen molar-refractivity contribution >= 4 is 11.0 Å². The zero-order valence-corrected chi connectivity index (χ0v) is 20.6. The molecule has 0 radical (unpaired) electrons. The van der Waals surface area contributed by atoms with Crippen LogP contribution < -0.4 is 5.43 Å². The molecule has 0 amide bonds. The van der Waals surface area contributed by atoms with Crippen LogP contribution in [0.5, 0.6) is 17.2 Å². The van der Waals surface area contributed by atoms with E-state index in [4.69, 9.17) is 13.9 Å².